The summed E-state index contributed by atoms with van der Waals surface area (Å²) in [4.78, 5) is 0.294. The number of hydrogen-bond donors (Lipinski definition) is 0. The Hall–Kier alpha value is 2.21. The molecule has 0 rings (SSSR count). The largest absolute Gasteiger partial charge is 0.147 e. The molecule has 0 nitrogen and oxygen atoms in total. The molecular formula is C4H5Br4Cl. The van der Waals surface area contributed by atoms with Crippen LogP contribution < -0.4 is 0 Å². The summed E-state index contributed by atoms with van der Waals surface area (Å²) in [6.45, 7) is 0. The van der Waals surface area contributed by atoms with Gasteiger partial charge in [-0.2, -0.15) is 0 Å². The second kappa shape index (κ2) is 4.96. The fourth-order valence-corrected chi connectivity index (χ4v) is 1.66. The van der Waals surface area contributed by atoms with Crippen LogP contribution in [0.15, 0.2) is 0 Å². The molecule has 0 aliphatic carbocycles. The Bertz CT molecular complexity index is 79.1. The molecule has 0 aliphatic heterocycles. The topological polar surface area (TPSA) is 0 Å². The van der Waals surface area contributed by atoms with Gasteiger partial charge < -0.3 is 0 Å². The Morgan fingerprint density at radius 3 is 1.89 bits per heavy atom. The molecule has 1 atom stereocenters. The van der Waals surface area contributed by atoms with Gasteiger partial charge in [0, 0.05) is 5.88 Å². The zero-order valence-corrected chi connectivity index (χ0v) is 11.5. The van der Waals surface area contributed by atoms with Crippen LogP contribution in [0.25, 0.3) is 0 Å². The number of halogens is 5. The first-order chi connectivity index (χ1) is 3.98. The SMILES string of the molecule is ClCCC(Br)C(Br)(Br)Br. The zero-order valence-electron chi connectivity index (χ0n) is 4.38. The maximum atomic E-state index is 5.51. The van der Waals surface area contributed by atoms with Crippen LogP contribution in [0.1, 0.15) is 6.42 Å². The molecule has 0 amide bonds. The van der Waals surface area contributed by atoms with Gasteiger partial charge in [-0.15, -0.1) is 11.6 Å². The van der Waals surface area contributed by atoms with E-state index < -0.39 is 0 Å². The predicted molar refractivity (Wildman–Crippen MR) is 57.6 cm³/mol. The lowest BCUT2D eigenvalue weighted by atomic mass is 10.4. The van der Waals surface area contributed by atoms with Crippen molar-refractivity contribution in [3.8, 4) is 0 Å². The van der Waals surface area contributed by atoms with Crippen LogP contribution in [-0.4, -0.2) is 12.8 Å². The molecule has 0 fully saturated rings. The van der Waals surface area contributed by atoms with Gasteiger partial charge in [0.15, 0.2) is 0 Å². The van der Waals surface area contributed by atoms with Crippen molar-refractivity contribution in [3.05, 3.63) is 0 Å². The highest BCUT2D eigenvalue weighted by molar-refractivity contribution is 9.40. The molecule has 0 N–H and O–H groups in total. The van der Waals surface area contributed by atoms with Crippen molar-refractivity contribution in [3.63, 3.8) is 0 Å². The third-order valence-electron chi connectivity index (χ3n) is 0.718. The third kappa shape index (κ3) is 5.48. The van der Waals surface area contributed by atoms with Crippen molar-refractivity contribution < 1.29 is 0 Å². The van der Waals surface area contributed by atoms with E-state index in [9.17, 15) is 0 Å². The van der Waals surface area contributed by atoms with Gasteiger partial charge >= 0.3 is 0 Å². The van der Waals surface area contributed by atoms with Crippen molar-refractivity contribution in [1.29, 1.82) is 0 Å². The molecule has 0 radical (unpaired) electrons. The Labute approximate surface area is 93.6 Å². The summed E-state index contributed by atoms with van der Waals surface area (Å²) in [5, 5.41) is 0. The van der Waals surface area contributed by atoms with Crippen molar-refractivity contribution in [1.82, 2.24) is 0 Å². The quantitative estimate of drug-likeness (QED) is 0.601. The Kier molecular flexibility index (Phi) is 6.18. The van der Waals surface area contributed by atoms with E-state index in [2.05, 4.69) is 63.7 Å². The summed E-state index contributed by atoms with van der Waals surface area (Å²) in [7, 11) is 0. The number of rotatable bonds is 2. The van der Waals surface area contributed by atoms with Crippen LogP contribution in [0, 0.1) is 0 Å². The van der Waals surface area contributed by atoms with E-state index in [0.29, 0.717) is 10.7 Å². The minimum absolute atomic E-state index is 0.220. The molecule has 1 unspecified atom stereocenters. The summed E-state index contributed by atoms with van der Waals surface area (Å²) in [5.74, 6) is 0.653. The maximum absolute atomic E-state index is 5.51. The second-order valence-corrected chi connectivity index (χ2v) is 9.92. The first kappa shape index (κ1) is 11.2. The van der Waals surface area contributed by atoms with Gasteiger partial charge in [-0.05, 0) is 6.42 Å². The van der Waals surface area contributed by atoms with E-state index >= 15 is 0 Å². The highest BCUT2D eigenvalue weighted by Gasteiger charge is 2.27. The molecule has 9 heavy (non-hydrogen) atoms. The minimum atomic E-state index is -0.220. The van der Waals surface area contributed by atoms with E-state index in [1.807, 2.05) is 0 Å². The van der Waals surface area contributed by atoms with E-state index in [0.717, 1.165) is 6.42 Å². The van der Waals surface area contributed by atoms with Gasteiger partial charge in [-0.25, -0.2) is 0 Å². The highest BCUT2D eigenvalue weighted by Crippen LogP contribution is 2.42. The molecular weight excluding hydrogens is 403 g/mol. The molecule has 0 heterocycles. The Morgan fingerprint density at radius 2 is 1.78 bits per heavy atom. The molecule has 0 spiro atoms. The predicted octanol–water partition coefficient (Wildman–Crippen LogP) is 4.22. The van der Waals surface area contributed by atoms with Crippen LogP contribution in [0.4, 0.5) is 0 Å². The van der Waals surface area contributed by atoms with Crippen LogP contribution in [0.2, 0.25) is 0 Å². The Balaban J connectivity index is 3.59. The van der Waals surface area contributed by atoms with E-state index in [1.54, 1.807) is 0 Å². The zero-order chi connectivity index (χ0) is 7.49. The molecule has 0 aromatic heterocycles. The molecule has 0 aliphatic rings. The third-order valence-corrected chi connectivity index (χ3v) is 5.58. The van der Waals surface area contributed by atoms with Gasteiger partial charge in [0.1, 0.15) is 2.14 Å². The van der Waals surface area contributed by atoms with Gasteiger partial charge in [0.25, 0.3) is 0 Å². The van der Waals surface area contributed by atoms with Gasteiger partial charge in [-0.3, -0.25) is 0 Å². The highest BCUT2D eigenvalue weighted by atomic mass is 80.0. The summed E-state index contributed by atoms with van der Waals surface area (Å²) < 4.78 is -0.220. The van der Waals surface area contributed by atoms with Crippen LogP contribution in [0.5, 0.6) is 0 Å². The second-order valence-electron chi connectivity index (χ2n) is 1.49. The smallest absolute Gasteiger partial charge is 0.127 e. The van der Waals surface area contributed by atoms with Crippen molar-refractivity contribution in [2.24, 2.45) is 0 Å². The van der Waals surface area contributed by atoms with E-state index in [1.165, 1.54) is 0 Å². The fourth-order valence-electron chi connectivity index (χ4n) is 0.259. The van der Waals surface area contributed by atoms with Gasteiger partial charge in [-0.1, -0.05) is 63.7 Å². The maximum Gasteiger partial charge on any atom is 0.147 e. The summed E-state index contributed by atoms with van der Waals surface area (Å²) >= 11 is 19.1. The fraction of sp³-hybridized carbons (Fsp3) is 1.00. The monoisotopic (exact) mass is 404 g/mol. The summed E-state index contributed by atoms with van der Waals surface area (Å²) in [6, 6.07) is 0. The normalized spacial score (nSPS) is 15.7. The average molecular weight is 408 g/mol. The lowest BCUT2D eigenvalue weighted by Gasteiger charge is -2.17. The lowest BCUT2D eigenvalue weighted by Crippen LogP contribution is -2.16. The van der Waals surface area contributed by atoms with E-state index in [-0.39, 0.29) is 2.14 Å². The molecule has 56 valence electrons. The number of hydrogen-bond acceptors (Lipinski definition) is 0. The van der Waals surface area contributed by atoms with Crippen LogP contribution in [0.3, 0.4) is 0 Å². The molecule has 0 saturated carbocycles. The first-order valence-electron chi connectivity index (χ1n) is 2.25. The average Bonchev–Trinajstić information content (AvgIpc) is 1.64. The standard InChI is InChI=1S/C4H5Br4Cl/c5-3(1-2-9)4(6,7)8/h3H,1-2H2. The number of alkyl halides is 5. The van der Waals surface area contributed by atoms with Gasteiger partial charge in [0.2, 0.25) is 0 Å². The van der Waals surface area contributed by atoms with Crippen molar-refractivity contribution >= 4 is 75.3 Å². The molecule has 0 aromatic rings. The summed E-state index contributed by atoms with van der Waals surface area (Å²) in [6.07, 6.45) is 0.906. The van der Waals surface area contributed by atoms with E-state index in [4.69, 9.17) is 11.6 Å². The van der Waals surface area contributed by atoms with Crippen molar-refractivity contribution in [2.45, 2.75) is 13.4 Å². The van der Waals surface area contributed by atoms with Crippen molar-refractivity contribution in [2.75, 3.05) is 5.88 Å². The molecule has 0 saturated heterocycles. The van der Waals surface area contributed by atoms with Crippen LogP contribution >= 0.6 is 75.3 Å². The van der Waals surface area contributed by atoms with Crippen LogP contribution in [-0.2, 0) is 0 Å². The lowest BCUT2D eigenvalue weighted by molar-refractivity contribution is 0.907. The van der Waals surface area contributed by atoms with Gasteiger partial charge in [0.05, 0.1) is 4.83 Å². The molecule has 0 bridgehead atoms. The molecule has 5 heteroatoms. The molecule has 0 aromatic carbocycles. The summed E-state index contributed by atoms with van der Waals surface area (Å²) in [5.41, 5.74) is 0. The minimum Gasteiger partial charge on any atom is -0.127 e. The first-order valence-corrected chi connectivity index (χ1v) is 6.08. The Morgan fingerprint density at radius 1 is 1.33 bits per heavy atom.